The van der Waals surface area contributed by atoms with Gasteiger partial charge in [-0.05, 0) is 6.42 Å². The second kappa shape index (κ2) is 4.80. The summed E-state index contributed by atoms with van der Waals surface area (Å²) in [7, 11) is 5.03. The Morgan fingerprint density at radius 2 is 2.33 bits per heavy atom. The van der Waals surface area contributed by atoms with Crippen LogP contribution < -0.4 is 0 Å². The number of allylic oxidation sites excluding steroid dienone is 1. The lowest BCUT2D eigenvalue weighted by Gasteiger charge is -1.76. The Labute approximate surface area is 40.7 Å². The maximum absolute atomic E-state index is 5.03. The second-order valence-corrected chi connectivity index (χ2v) is 1.22. The molecule has 0 bridgehead atoms. The van der Waals surface area contributed by atoms with Crippen molar-refractivity contribution in [2.75, 3.05) is 0 Å². The summed E-state index contributed by atoms with van der Waals surface area (Å²) in [6.45, 7) is 2.12. The van der Waals surface area contributed by atoms with Gasteiger partial charge in [0.1, 0.15) is 7.85 Å². The molecule has 0 spiro atoms. The summed E-state index contributed by atoms with van der Waals surface area (Å²) in [5.41, 5.74) is 0. The van der Waals surface area contributed by atoms with Crippen LogP contribution in [0, 0.1) is 0 Å². The predicted octanol–water partition coefficient (Wildman–Crippen LogP) is 1.47. The Balaban J connectivity index is 2.66. The summed E-state index contributed by atoms with van der Waals surface area (Å²) in [6.07, 6.45) is 4.25. The number of unbranched alkanes of at least 4 members (excludes halogenated alkanes) is 1. The van der Waals surface area contributed by atoms with E-state index in [0.29, 0.717) is 0 Å². The zero-order valence-electron chi connectivity index (χ0n) is 4.15. The van der Waals surface area contributed by atoms with Crippen LogP contribution >= 0.6 is 0 Å². The number of hydrogen-bond donors (Lipinski definition) is 0. The third-order valence-corrected chi connectivity index (χ3v) is 0.591. The molecule has 0 amide bonds. The highest BCUT2D eigenvalue weighted by Crippen LogP contribution is 1.84. The van der Waals surface area contributed by atoms with E-state index in [0.717, 1.165) is 6.42 Å². The van der Waals surface area contributed by atoms with Crippen molar-refractivity contribution in [3.8, 4) is 0 Å². The van der Waals surface area contributed by atoms with Crippen molar-refractivity contribution in [2.45, 2.75) is 19.8 Å². The van der Waals surface area contributed by atoms with E-state index in [1.54, 1.807) is 5.98 Å². The van der Waals surface area contributed by atoms with Crippen LogP contribution in [0.1, 0.15) is 19.8 Å². The standard InChI is InChI=1S/C5H9B/c1-2-3-4-5-6/h4-5H,2-3H2,1H3. The van der Waals surface area contributed by atoms with E-state index in [1.165, 1.54) is 6.42 Å². The van der Waals surface area contributed by atoms with Crippen molar-refractivity contribution in [3.05, 3.63) is 12.1 Å². The predicted molar refractivity (Wildman–Crippen MR) is 29.8 cm³/mol. The van der Waals surface area contributed by atoms with Crippen molar-refractivity contribution >= 4 is 7.85 Å². The molecule has 0 unspecified atom stereocenters. The van der Waals surface area contributed by atoms with Crippen LogP contribution in [0.25, 0.3) is 0 Å². The number of hydrogen-bond acceptors (Lipinski definition) is 0. The maximum Gasteiger partial charge on any atom is 0.102 e. The zero-order chi connectivity index (χ0) is 4.83. The average Bonchev–Trinajstić information content (AvgIpc) is 1.61. The van der Waals surface area contributed by atoms with Crippen molar-refractivity contribution in [1.29, 1.82) is 0 Å². The first-order chi connectivity index (χ1) is 2.91. The Morgan fingerprint density at radius 1 is 1.67 bits per heavy atom. The lowest BCUT2D eigenvalue weighted by atomic mass is 10.1. The van der Waals surface area contributed by atoms with Crippen molar-refractivity contribution in [3.63, 3.8) is 0 Å². The summed E-state index contributed by atoms with van der Waals surface area (Å²) < 4.78 is 0. The molecule has 2 radical (unpaired) electrons. The second-order valence-electron chi connectivity index (χ2n) is 1.22. The molecule has 0 aromatic carbocycles. The van der Waals surface area contributed by atoms with Gasteiger partial charge in [-0.3, -0.25) is 0 Å². The third-order valence-electron chi connectivity index (χ3n) is 0.591. The first-order valence-corrected chi connectivity index (χ1v) is 2.28. The molecule has 0 aliphatic rings. The Hall–Kier alpha value is -0.195. The largest absolute Gasteiger partial charge is 0.135 e. The van der Waals surface area contributed by atoms with E-state index in [4.69, 9.17) is 7.85 Å². The smallest absolute Gasteiger partial charge is 0.102 e. The molecule has 0 N–H and O–H groups in total. The maximum atomic E-state index is 5.03. The van der Waals surface area contributed by atoms with Gasteiger partial charge in [-0.15, -0.1) is 5.98 Å². The van der Waals surface area contributed by atoms with Crippen molar-refractivity contribution in [1.82, 2.24) is 0 Å². The van der Waals surface area contributed by atoms with Crippen LogP contribution in [0.3, 0.4) is 0 Å². The summed E-state index contributed by atoms with van der Waals surface area (Å²) in [5.74, 6) is 1.59. The van der Waals surface area contributed by atoms with Crippen LogP contribution in [0.2, 0.25) is 0 Å². The first kappa shape index (κ1) is 5.80. The fourth-order valence-corrected chi connectivity index (χ4v) is 0.263. The molecule has 0 atom stereocenters. The molecule has 0 aliphatic heterocycles. The van der Waals surface area contributed by atoms with Gasteiger partial charge in [0.25, 0.3) is 0 Å². The van der Waals surface area contributed by atoms with Gasteiger partial charge < -0.3 is 0 Å². The van der Waals surface area contributed by atoms with E-state index in [1.807, 2.05) is 6.08 Å². The van der Waals surface area contributed by atoms with Crippen LogP contribution in [0.15, 0.2) is 12.1 Å². The molecule has 0 aliphatic carbocycles. The Bertz CT molecular complexity index is 39.2. The Kier molecular flexibility index (Phi) is 4.65. The van der Waals surface area contributed by atoms with E-state index in [-0.39, 0.29) is 0 Å². The SMILES string of the molecule is [B]C=CCCC. The topological polar surface area (TPSA) is 0 Å². The molecule has 0 aromatic heterocycles. The minimum absolute atomic E-state index is 1.11. The fourth-order valence-electron chi connectivity index (χ4n) is 0.263. The van der Waals surface area contributed by atoms with Gasteiger partial charge in [0.05, 0.1) is 0 Å². The quantitative estimate of drug-likeness (QED) is 0.440. The van der Waals surface area contributed by atoms with Gasteiger partial charge in [0.2, 0.25) is 0 Å². The minimum Gasteiger partial charge on any atom is -0.135 e. The van der Waals surface area contributed by atoms with E-state index < -0.39 is 0 Å². The molecular formula is C5H9B. The molecule has 0 fully saturated rings. The van der Waals surface area contributed by atoms with Gasteiger partial charge in [0, 0.05) is 0 Å². The molecule has 0 heterocycles. The summed E-state index contributed by atoms with van der Waals surface area (Å²) in [4.78, 5) is 0. The highest BCUT2D eigenvalue weighted by molar-refractivity contribution is 6.16. The molecule has 0 aromatic rings. The van der Waals surface area contributed by atoms with Gasteiger partial charge in [-0.1, -0.05) is 19.4 Å². The molecule has 1 heteroatoms. The molecule has 32 valence electrons. The number of rotatable bonds is 2. The average molecular weight is 79.9 g/mol. The van der Waals surface area contributed by atoms with E-state index >= 15 is 0 Å². The van der Waals surface area contributed by atoms with Gasteiger partial charge in [-0.25, -0.2) is 0 Å². The Morgan fingerprint density at radius 3 is 2.50 bits per heavy atom. The van der Waals surface area contributed by atoms with Crippen LogP contribution in [-0.2, 0) is 0 Å². The van der Waals surface area contributed by atoms with Crippen molar-refractivity contribution in [2.24, 2.45) is 0 Å². The van der Waals surface area contributed by atoms with E-state index in [9.17, 15) is 0 Å². The lowest BCUT2D eigenvalue weighted by Crippen LogP contribution is -1.58. The molecule has 0 rings (SSSR count). The van der Waals surface area contributed by atoms with Crippen LogP contribution in [0.5, 0.6) is 0 Å². The lowest BCUT2D eigenvalue weighted by molar-refractivity contribution is 0.960. The third kappa shape index (κ3) is 3.80. The highest BCUT2D eigenvalue weighted by Gasteiger charge is 1.64. The first-order valence-electron chi connectivity index (χ1n) is 2.28. The molecule has 0 nitrogen and oxygen atoms in total. The summed E-state index contributed by atoms with van der Waals surface area (Å²) in [6, 6.07) is 0. The minimum atomic E-state index is 1.11. The summed E-state index contributed by atoms with van der Waals surface area (Å²) in [5, 5.41) is 0. The monoisotopic (exact) mass is 80.1 g/mol. The normalized spacial score (nSPS) is 10.2. The molecule has 0 saturated carbocycles. The van der Waals surface area contributed by atoms with Gasteiger partial charge >= 0.3 is 0 Å². The molecular weight excluding hydrogens is 70.9 g/mol. The molecule has 6 heavy (non-hydrogen) atoms. The zero-order valence-corrected chi connectivity index (χ0v) is 4.15. The fraction of sp³-hybridized carbons (Fsp3) is 0.600. The highest BCUT2D eigenvalue weighted by atomic mass is 13.7. The van der Waals surface area contributed by atoms with Crippen molar-refractivity contribution < 1.29 is 0 Å². The van der Waals surface area contributed by atoms with Crippen LogP contribution in [0.4, 0.5) is 0 Å². The van der Waals surface area contributed by atoms with Gasteiger partial charge in [0.15, 0.2) is 0 Å². The van der Waals surface area contributed by atoms with Gasteiger partial charge in [-0.2, -0.15) is 0 Å². The molecule has 0 saturated heterocycles. The van der Waals surface area contributed by atoms with E-state index in [2.05, 4.69) is 6.92 Å². The summed E-state index contributed by atoms with van der Waals surface area (Å²) >= 11 is 0. The van der Waals surface area contributed by atoms with Crippen LogP contribution in [-0.4, -0.2) is 7.85 Å².